The van der Waals surface area contributed by atoms with Gasteiger partial charge in [-0.3, -0.25) is 29.8 Å². The Hall–Kier alpha value is -3.54. The molecule has 0 bridgehead atoms. The fraction of sp³-hybridized carbons (Fsp3) is 0. The molecule has 2 N–H and O–H groups in total. The lowest BCUT2D eigenvalue weighted by Gasteiger charge is -1.88. The number of imide groups is 2. The van der Waals surface area contributed by atoms with E-state index in [0.717, 1.165) is 0 Å². The van der Waals surface area contributed by atoms with Crippen molar-refractivity contribution >= 4 is 23.6 Å². The second-order valence-electron chi connectivity index (χ2n) is 4.66. The van der Waals surface area contributed by atoms with E-state index in [1.807, 2.05) is 0 Å². The summed E-state index contributed by atoms with van der Waals surface area (Å²) in [6, 6.07) is 13.5. The first kappa shape index (κ1) is 16.8. The van der Waals surface area contributed by atoms with Gasteiger partial charge in [0.25, 0.3) is 23.6 Å². The molecule has 0 aliphatic carbocycles. The third-order valence-electron chi connectivity index (χ3n) is 3.29. The van der Waals surface area contributed by atoms with Crippen LogP contribution in [0.25, 0.3) is 0 Å². The molecule has 0 fully saturated rings. The van der Waals surface area contributed by atoms with E-state index >= 15 is 0 Å². The molecule has 6 heteroatoms. The third-order valence-corrected chi connectivity index (χ3v) is 3.29. The molecule has 0 atom stereocenters. The normalized spacial score (nSPS) is 13.5. The minimum Gasteiger partial charge on any atom is -0.288 e. The van der Waals surface area contributed by atoms with Crippen molar-refractivity contribution in [2.24, 2.45) is 0 Å². The summed E-state index contributed by atoms with van der Waals surface area (Å²) in [4.78, 5) is 43.8. The van der Waals surface area contributed by atoms with Crippen LogP contribution in [0, 0.1) is 0 Å². The number of rotatable bonds is 0. The number of nitrogens with one attached hydrogen (secondary N) is 2. The van der Waals surface area contributed by atoms with Crippen molar-refractivity contribution in [3.05, 3.63) is 83.9 Å². The molecule has 120 valence electrons. The van der Waals surface area contributed by atoms with Gasteiger partial charge < -0.3 is 0 Å². The molecule has 0 unspecified atom stereocenters. The first-order valence-corrected chi connectivity index (χ1v) is 6.97. The van der Waals surface area contributed by atoms with E-state index in [0.29, 0.717) is 22.3 Å². The van der Waals surface area contributed by atoms with Gasteiger partial charge in [0.2, 0.25) is 0 Å². The molecule has 6 nitrogen and oxygen atoms in total. The highest BCUT2D eigenvalue weighted by Gasteiger charge is 2.25. The molecule has 2 aliphatic rings. The standard InChI is InChI=1S/2C8H5NO2.C2H4/c2*10-7-5-3-1-2-4-6(5)8(11)9-7;1-2/h2*1-4H,(H,9,10,11);1-2H2. The topological polar surface area (TPSA) is 92.3 Å². The molecular formula is C18H14N2O4. The molecule has 4 amide bonds. The number of hydrogen-bond acceptors (Lipinski definition) is 4. The van der Waals surface area contributed by atoms with Crippen LogP contribution >= 0.6 is 0 Å². The summed E-state index contributed by atoms with van der Waals surface area (Å²) in [5.74, 6) is -1.20. The fourth-order valence-corrected chi connectivity index (χ4v) is 2.23. The van der Waals surface area contributed by atoms with E-state index in [2.05, 4.69) is 23.8 Å². The summed E-state index contributed by atoms with van der Waals surface area (Å²) in [5, 5.41) is 4.41. The van der Waals surface area contributed by atoms with Gasteiger partial charge in [-0.25, -0.2) is 0 Å². The Balaban J connectivity index is 0.000000158. The van der Waals surface area contributed by atoms with E-state index in [-0.39, 0.29) is 23.6 Å². The second kappa shape index (κ2) is 7.15. The monoisotopic (exact) mass is 322 g/mol. The highest BCUT2D eigenvalue weighted by Crippen LogP contribution is 2.14. The number of fused-ring (bicyclic) bond motifs is 2. The van der Waals surface area contributed by atoms with Crippen molar-refractivity contribution in [3.63, 3.8) is 0 Å². The van der Waals surface area contributed by atoms with E-state index < -0.39 is 0 Å². The molecule has 0 radical (unpaired) electrons. The van der Waals surface area contributed by atoms with Gasteiger partial charge in [0.15, 0.2) is 0 Å². The third kappa shape index (κ3) is 3.12. The molecule has 2 aliphatic heterocycles. The molecule has 24 heavy (non-hydrogen) atoms. The number of hydrogen-bond donors (Lipinski definition) is 2. The maximum absolute atomic E-state index is 10.9. The van der Waals surface area contributed by atoms with Gasteiger partial charge in [-0.1, -0.05) is 24.3 Å². The predicted molar refractivity (Wildman–Crippen MR) is 87.7 cm³/mol. The average molecular weight is 322 g/mol. The van der Waals surface area contributed by atoms with Crippen molar-refractivity contribution in [2.45, 2.75) is 0 Å². The summed E-state index contributed by atoms with van der Waals surface area (Å²) >= 11 is 0. The quantitative estimate of drug-likeness (QED) is 0.573. The largest absolute Gasteiger partial charge is 0.288 e. The van der Waals surface area contributed by atoms with Gasteiger partial charge in [0, 0.05) is 0 Å². The van der Waals surface area contributed by atoms with Gasteiger partial charge in [0.1, 0.15) is 0 Å². The Morgan fingerprint density at radius 2 is 0.708 bits per heavy atom. The minimum atomic E-state index is -0.300. The highest BCUT2D eigenvalue weighted by molar-refractivity contribution is 6.22. The molecule has 2 aromatic rings. The summed E-state index contributed by atoms with van der Waals surface area (Å²) < 4.78 is 0. The Morgan fingerprint density at radius 3 is 0.917 bits per heavy atom. The van der Waals surface area contributed by atoms with E-state index in [4.69, 9.17) is 0 Å². The SMILES string of the molecule is C=C.O=C1NC(=O)c2ccccc21.O=C1NC(=O)c2ccccc21. The molecular weight excluding hydrogens is 308 g/mol. The first-order chi connectivity index (χ1) is 11.6. The van der Waals surface area contributed by atoms with Crippen molar-refractivity contribution in [3.8, 4) is 0 Å². The van der Waals surface area contributed by atoms with Gasteiger partial charge in [-0.2, -0.15) is 0 Å². The zero-order valence-corrected chi connectivity index (χ0v) is 12.7. The Bertz CT molecular complexity index is 707. The number of amides is 4. The highest BCUT2D eigenvalue weighted by atomic mass is 16.2. The zero-order chi connectivity index (χ0) is 17.7. The zero-order valence-electron chi connectivity index (χ0n) is 12.7. The molecule has 0 aromatic heterocycles. The van der Waals surface area contributed by atoms with E-state index in [9.17, 15) is 19.2 Å². The summed E-state index contributed by atoms with van der Waals surface area (Å²) in [6.07, 6.45) is 0. The Labute approximate surface area is 138 Å². The first-order valence-electron chi connectivity index (χ1n) is 6.97. The van der Waals surface area contributed by atoms with E-state index in [1.54, 1.807) is 48.5 Å². The van der Waals surface area contributed by atoms with Crippen LogP contribution in [0.4, 0.5) is 0 Å². The summed E-state index contributed by atoms with van der Waals surface area (Å²) in [5.41, 5.74) is 1.88. The molecule has 0 spiro atoms. The number of carbonyl (C=O) groups excluding carboxylic acids is 4. The van der Waals surface area contributed by atoms with Crippen molar-refractivity contribution in [1.29, 1.82) is 0 Å². The van der Waals surface area contributed by atoms with Crippen LogP contribution < -0.4 is 10.6 Å². The van der Waals surface area contributed by atoms with E-state index in [1.165, 1.54) is 0 Å². The molecule has 0 saturated heterocycles. The van der Waals surface area contributed by atoms with Crippen molar-refractivity contribution < 1.29 is 19.2 Å². The van der Waals surface area contributed by atoms with Crippen LogP contribution in [0.1, 0.15) is 41.4 Å². The van der Waals surface area contributed by atoms with Crippen LogP contribution in [0.3, 0.4) is 0 Å². The van der Waals surface area contributed by atoms with Gasteiger partial charge in [0.05, 0.1) is 22.3 Å². The fourth-order valence-electron chi connectivity index (χ4n) is 2.23. The van der Waals surface area contributed by atoms with Gasteiger partial charge in [-0.05, 0) is 24.3 Å². The van der Waals surface area contributed by atoms with Crippen LogP contribution in [0.15, 0.2) is 61.7 Å². The lowest BCUT2D eigenvalue weighted by Crippen LogP contribution is -2.19. The summed E-state index contributed by atoms with van der Waals surface area (Å²) in [7, 11) is 0. The number of carbonyl (C=O) groups is 4. The predicted octanol–water partition coefficient (Wildman–Crippen LogP) is 1.94. The van der Waals surface area contributed by atoms with Crippen LogP contribution in [0.5, 0.6) is 0 Å². The maximum Gasteiger partial charge on any atom is 0.258 e. The Kier molecular flexibility index (Phi) is 5.01. The molecule has 2 heterocycles. The molecule has 0 saturated carbocycles. The van der Waals surface area contributed by atoms with Crippen LogP contribution in [0.2, 0.25) is 0 Å². The Morgan fingerprint density at radius 1 is 0.500 bits per heavy atom. The molecule has 4 rings (SSSR count). The van der Waals surface area contributed by atoms with Crippen LogP contribution in [-0.4, -0.2) is 23.6 Å². The number of benzene rings is 2. The summed E-state index contributed by atoms with van der Waals surface area (Å²) in [6.45, 7) is 6.00. The maximum atomic E-state index is 10.9. The average Bonchev–Trinajstić information content (AvgIpc) is 3.07. The van der Waals surface area contributed by atoms with Gasteiger partial charge in [-0.15, -0.1) is 13.2 Å². The van der Waals surface area contributed by atoms with Crippen LogP contribution in [-0.2, 0) is 0 Å². The second-order valence-corrected chi connectivity index (χ2v) is 4.66. The smallest absolute Gasteiger partial charge is 0.258 e. The lowest BCUT2D eigenvalue weighted by atomic mass is 10.1. The minimum absolute atomic E-state index is 0.300. The lowest BCUT2D eigenvalue weighted by molar-refractivity contribution is 0.0863. The van der Waals surface area contributed by atoms with Gasteiger partial charge >= 0.3 is 0 Å². The van der Waals surface area contributed by atoms with Crippen molar-refractivity contribution in [2.75, 3.05) is 0 Å². The molecule has 2 aromatic carbocycles. The van der Waals surface area contributed by atoms with Crippen molar-refractivity contribution in [1.82, 2.24) is 10.6 Å².